The van der Waals surface area contributed by atoms with Crippen LogP contribution in [0.3, 0.4) is 0 Å². The van der Waals surface area contributed by atoms with Crippen molar-refractivity contribution in [1.29, 1.82) is 0 Å². The molecule has 0 bridgehead atoms. The van der Waals surface area contributed by atoms with Crippen LogP contribution in [0, 0.1) is 5.95 Å². The van der Waals surface area contributed by atoms with Crippen LogP contribution in [0.4, 0.5) is 15.1 Å². The molecule has 1 aromatic heterocycles. The number of hydrogen-bond donors (Lipinski definition) is 2. The van der Waals surface area contributed by atoms with Gasteiger partial charge in [-0.3, -0.25) is 0 Å². The van der Waals surface area contributed by atoms with Crippen molar-refractivity contribution >= 4 is 22.2 Å². The van der Waals surface area contributed by atoms with Crippen molar-refractivity contribution in [1.82, 2.24) is 4.37 Å². The number of rotatable bonds is 0. The van der Waals surface area contributed by atoms with Crippen LogP contribution >= 0.6 is 11.5 Å². The molecule has 0 saturated heterocycles. The fourth-order valence-electron chi connectivity index (χ4n) is 0.289. The van der Waals surface area contributed by atoms with Gasteiger partial charge in [0.1, 0.15) is 10.7 Å². The summed E-state index contributed by atoms with van der Waals surface area (Å²) in [6.07, 6.45) is 0. The molecule has 4 N–H and O–H groups in total. The average Bonchev–Trinajstić information content (AvgIpc) is 1.98. The second kappa shape index (κ2) is 1.59. The van der Waals surface area contributed by atoms with Crippen molar-refractivity contribution < 1.29 is 4.39 Å². The van der Waals surface area contributed by atoms with Crippen LogP contribution in [-0.2, 0) is 0 Å². The number of nitrogen functional groups attached to an aromatic ring is 2. The molecular formula is C3H4FN3S. The molecule has 0 aliphatic rings. The number of halogens is 1. The topological polar surface area (TPSA) is 64.9 Å². The highest BCUT2D eigenvalue weighted by Crippen LogP contribution is 2.21. The third-order valence-electron chi connectivity index (χ3n) is 0.712. The van der Waals surface area contributed by atoms with Gasteiger partial charge in [-0.1, -0.05) is 0 Å². The van der Waals surface area contributed by atoms with E-state index in [1.807, 2.05) is 0 Å². The summed E-state index contributed by atoms with van der Waals surface area (Å²) >= 11 is 0.859. The van der Waals surface area contributed by atoms with Gasteiger partial charge in [-0.15, -0.1) is 0 Å². The lowest BCUT2D eigenvalue weighted by Gasteiger charge is -1.81. The smallest absolute Gasteiger partial charge is 0.249 e. The predicted octanol–water partition coefficient (Wildman–Crippen LogP) is 0.447. The molecule has 8 heavy (non-hydrogen) atoms. The highest BCUT2D eigenvalue weighted by atomic mass is 32.1. The van der Waals surface area contributed by atoms with E-state index in [0.29, 0.717) is 0 Å². The molecule has 3 nitrogen and oxygen atoms in total. The van der Waals surface area contributed by atoms with Crippen molar-refractivity contribution in [2.24, 2.45) is 0 Å². The maximum Gasteiger partial charge on any atom is 0.249 e. The molecule has 0 aliphatic carbocycles. The van der Waals surface area contributed by atoms with Crippen LogP contribution in [0.15, 0.2) is 0 Å². The minimum absolute atomic E-state index is 0.0463. The summed E-state index contributed by atoms with van der Waals surface area (Å²) < 4.78 is 15.3. The van der Waals surface area contributed by atoms with Crippen LogP contribution in [0.2, 0.25) is 0 Å². The minimum Gasteiger partial charge on any atom is -0.393 e. The summed E-state index contributed by atoms with van der Waals surface area (Å²) in [5, 5.41) is 0.238. The van der Waals surface area contributed by atoms with Gasteiger partial charge < -0.3 is 11.5 Å². The van der Waals surface area contributed by atoms with E-state index in [2.05, 4.69) is 4.37 Å². The Morgan fingerprint density at radius 3 is 2.25 bits per heavy atom. The molecule has 44 valence electrons. The summed E-state index contributed by atoms with van der Waals surface area (Å²) in [5.74, 6) is -0.674. The quantitative estimate of drug-likeness (QED) is 0.540. The van der Waals surface area contributed by atoms with Gasteiger partial charge >= 0.3 is 0 Å². The van der Waals surface area contributed by atoms with Crippen molar-refractivity contribution in [2.45, 2.75) is 0 Å². The van der Waals surface area contributed by atoms with E-state index in [1.165, 1.54) is 0 Å². The van der Waals surface area contributed by atoms with E-state index in [1.54, 1.807) is 0 Å². The molecular weight excluding hydrogens is 129 g/mol. The first-order valence-corrected chi connectivity index (χ1v) is 2.65. The molecule has 0 saturated carbocycles. The Bertz CT molecular complexity index is 177. The zero-order valence-corrected chi connectivity index (χ0v) is 4.70. The molecule has 1 heterocycles. The fraction of sp³-hybridized carbons (Fsp3) is 0. The summed E-state index contributed by atoms with van der Waals surface area (Å²) in [4.78, 5) is 0. The molecule has 0 fully saturated rings. The van der Waals surface area contributed by atoms with Gasteiger partial charge in [0.15, 0.2) is 0 Å². The van der Waals surface area contributed by atoms with Crippen molar-refractivity contribution in [3.63, 3.8) is 0 Å². The summed E-state index contributed by atoms with van der Waals surface area (Å²) in [6.45, 7) is 0. The van der Waals surface area contributed by atoms with Crippen LogP contribution in [0.1, 0.15) is 0 Å². The Balaban J connectivity index is 3.19. The van der Waals surface area contributed by atoms with Crippen LogP contribution in [-0.4, -0.2) is 4.37 Å². The van der Waals surface area contributed by atoms with Gasteiger partial charge in [-0.2, -0.15) is 8.76 Å². The van der Waals surface area contributed by atoms with Crippen LogP contribution in [0.5, 0.6) is 0 Å². The molecule has 1 rings (SSSR count). The van der Waals surface area contributed by atoms with Gasteiger partial charge in [0, 0.05) is 0 Å². The van der Waals surface area contributed by atoms with Gasteiger partial charge in [-0.05, 0) is 11.5 Å². The summed E-state index contributed by atoms with van der Waals surface area (Å²) in [7, 11) is 0. The molecule has 0 aromatic carbocycles. The molecule has 0 unspecified atom stereocenters. The lowest BCUT2D eigenvalue weighted by atomic mass is 10.6. The third kappa shape index (κ3) is 0.604. The molecule has 0 amide bonds. The van der Waals surface area contributed by atoms with Crippen LogP contribution < -0.4 is 11.5 Å². The van der Waals surface area contributed by atoms with Crippen LogP contribution in [0.25, 0.3) is 0 Å². The highest BCUT2D eigenvalue weighted by molar-refractivity contribution is 7.10. The van der Waals surface area contributed by atoms with Gasteiger partial charge in [0.25, 0.3) is 0 Å². The predicted molar refractivity (Wildman–Crippen MR) is 30.9 cm³/mol. The first-order chi connectivity index (χ1) is 3.72. The number of anilines is 2. The number of aromatic nitrogens is 1. The Hall–Kier alpha value is -0.840. The van der Waals surface area contributed by atoms with Gasteiger partial charge in [0.2, 0.25) is 5.95 Å². The first-order valence-electron chi connectivity index (χ1n) is 1.88. The van der Waals surface area contributed by atoms with Gasteiger partial charge in [-0.25, -0.2) is 0 Å². The molecule has 5 heteroatoms. The molecule has 0 spiro atoms. The second-order valence-corrected chi connectivity index (χ2v) is 2.06. The first kappa shape index (κ1) is 5.30. The lowest BCUT2D eigenvalue weighted by molar-refractivity contribution is 0.603. The Labute approximate surface area is 49.3 Å². The molecule has 0 aliphatic heterocycles. The van der Waals surface area contributed by atoms with E-state index in [4.69, 9.17) is 11.5 Å². The number of nitrogens with two attached hydrogens (primary N) is 2. The van der Waals surface area contributed by atoms with E-state index >= 15 is 0 Å². The largest absolute Gasteiger partial charge is 0.393 e. The lowest BCUT2D eigenvalue weighted by Crippen LogP contribution is -1.90. The van der Waals surface area contributed by atoms with E-state index in [-0.39, 0.29) is 10.7 Å². The molecule has 0 atom stereocenters. The number of hydrogen-bond acceptors (Lipinski definition) is 4. The summed E-state index contributed by atoms with van der Waals surface area (Å²) in [6, 6.07) is 0. The minimum atomic E-state index is -0.674. The van der Waals surface area contributed by atoms with E-state index in [0.717, 1.165) is 11.5 Å². The third-order valence-corrected chi connectivity index (χ3v) is 1.38. The normalized spacial score (nSPS) is 9.62. The van der Waals surface area contributed by atoms with E-state index in [9.17, 15) is 4.39 Å². The number of nitrogens with zero attached hydrogens (tertiary/aromatic N) is 1. The van der Waals surface area contributed by atoms with Crippen molar-refractivity contribution in [3.8, 4) is 0 Å². The zero-order chi connectivity index (χ0) is 6.15. The standard InChI is InChI=1S/C3H4FN3S/c4-2-1(5)3(6)8-7-2/h5-6H2. The maximum absolute atomic E-state index is 12.0. The van der Waals surface area contributed by atoms with E-state index < -0.39 is 5.95 Å². The second-order valence-electron chi connectivity index (χ2n) is 1.25. The monoisotopic (exact) mass is 133 g/mol. The zero-order valence-electron chi connectivity index (χ0n) is 3.89. The van der Waals surface area contributed by atoms with Crippen molar-refractivity contribution in [2.75, 3.05) is 11.5 Å². The van der Waals surface area contributed by atoms with Gasteiger partial charge in [0.05, 0.1) is 0 Å². The Morgan fingerprint density at radius 2 is 2.12 bits per heavy atom. The Kier molecular flexibility index (Phi) is 1.05. The molecule has 1 aromatic rings. The summed E-state index contributed by atoms with van der Waals surface area (Å²) in [5.41, 5.74) is 10.1. The average molecular weight is 133 g/mol. The fourth-order valence-corrected chi connectivity index (χ4v) is 0.749. The van der Waals surface area contributed by atoms with Crippen molar-refractivity contribution in [3.05, 3.63) is 5.95 Å². The highest BCUT2D eigenvalue weighted by Gasteiger charge is 2.04. The maximum atomic E-state index is 12.0. The Morgan fingerprint density at radius 1 is 1.50 bits per heavy atom. The molecule has 0 radical (unpaired) electrons. The SMILES string of the molecule is Nc1snc(F)c1N.